The van der Waals surface area contributed by atoms with Crippen molar-refractivity contribution in [2.24, 2.45) is 10.2 Å². The molecule has 0 amide bonds. The van der Waals surface area contributed by atoms with Crippen molar-refractivity contribution in [1.29, 1.82) is 0 Å². The zero-order chi connectivity index (χ0) is 18.0. The minimum atomic E-state index is -3.79. The first-order valence-corrected chi connectivity index (χ1v) is 9.51. The molecule has 1 N–H and O–H groups in total. The fourth-order valence-electron chi connectivity index (χ4n) is 2.20. The molecular formula is C16H13ClN4O3S. The second-order valence-electron chi connectivity index (χ2n) is 5.19. The van der Waals surface area contributed by atoms with Crippen LogP contribution in [0.5, 0.6) is 0 Å². The number of para-hydroxylation sites is 1. The minimum Gasteiger partial charge on any atom is -0.293 e. The zero-order valence-corrected chi connectivity index (χ0v) is 14.6. The topological polar surface area (TPSA) is 96.7 Å². The Bertz CT molecular complexity index is 1080. The van der Waals surface area contributed by atoms with Gasteiger partial charge in [-0.05, 0) is 43.3 Å². The Morgan fingerprint density at radius 2 is 1.64 bits per heavy atom. The molecule has 0 aliphatic rings. The van der Waals surface area contributed by atoms with Crippen LogP contribution in [-0.2, 0) is 9.05 Å². The average molecular weight is 377 g/mol. The van der Waals surface area contributed by atoms with Crippen LogP contribution < -0.4 is 5.56 Å². The number of hydrogen-bond acceptors (Lipinski definition) is 5. The molecule has 3 aromatic rings. The van der Waals surface area contributed by atoms with Crippen molar-refractivity contribution >= 4 is 31.1 Å². The van der Waals surface area contributed by atoms with E-state index in [0.29, 0.717) is 17.1 Å². The van der Waals surface area contributed by atoms with E-state index in [1.165, 1.54) is 28.9 Å². The maximum Gasteiger partial charge on any atom is 0.299 e. The second-order valence-corrected chi connectivity index (χ2v) is 7.76. The average Bonchev–Trinajstić information content (AvgIpc) is 2.88. The summed E-state index contributed by atoms with van der Waals surface area (Å²) in [6.07, 6.45) is 0. The molecule has 0 spiro atoms. The van der Waals surface area contributed by atoms with Gasteiger partial charge in [0.15, 0.2) is 5.69 Å². The lowest BCUT2D eigenvalue weighted by atomic mass is 10.3. The molecule has 0 bridgehead atoms. The Labute approximate surface area is 148 Å². The summed E-state index contributed by atoms with van der Waals surface area (Å²) in [6.45, 7) is 1.72. The highest BCUT2D eigenvalue weighted by Crippen LogP contribution is 2.22. The Hall–Kier alpha value is -2.71. The number of hydrogen-bond donors (Lipinski definition) is 1. The van der Waals surface area contributed by atoms with E-state index in [-0.39, 0.29) is 16.1 Å². The summed E-state index contributed by atoms with van der Waals surface area (Å²) in [5.74, 6) is 0. The van der Waals surface area contributed by atoms with Gasteiger partial charge in [-0.3, -0.25) is 9.89 Å². The molecule has 0 saturated heterocycles. The molecule has 0 atom stereocenters. The molecule has 0 saturated carbocycles. The van der Waals surface area contributed by atoms with Crippen LogP contribution in [0.4, 0.5) is 11.4 Å². The van der Waals surface area contributed by atoms with Gasteiger partial charge in [-0.25, -0.2) is 13.1 Å². The first-order valence-electron chi connectivity index (χ1n) is 7.20. The van der Waals surface area contributed by atoms with Gasteiger partial charge in [-0.15, -0.1) is 5.11 Å². The molecule has 7 nitrogen and oxygen atoms in total. The van der Waals surface area contributed by atoms with Crippen molar-refractivity contribution in [1.82, 2.24) is 9.78 Å². The summed E-state index contributed by atoms with van der Waals surface area (Å²) >= 11 is 0. The van der Waals surface area contributed by atoms with Crippen LogP contribution in [-0.4, -0.2) is 18.2 Å². The van der Waals surface area contributed by atoms with E-state index in [1.54, 1.807) is 19.1 Å². The number of aryl methyl sites for hydroxylation is 1. The van der Waals surface area contributed by atoms with E-state index < -0.39 is 9.05 Å². The van der Waals surface area contributed by atoms with Crippen LogP contribution in [0, 0.1) is 6.92 Å². The predicted octanol–water partition coefficient (Wildman–Crippen LogP) is 3.82. The number of aromatic amines is 1. The largest absolute Gasteiger partial charge is 0.299 e. The molecule has 0 fully saturated rings. The van der Waals surface area contributed by atoms with Crippen LogP contribution >= 0.6 is 10.7 Å². The quantitative estimate of drug-likeness (QED) is 0.553. The maximum absolute atomic E-state index is 12.5. The number of benzene rings is 2. The lowest BCUT2D eigenvalue weighted by Gasteiger charge is -1.99. The normalized spacial score (nSPS) is 11.9. The van der Waals surface area contributed by atoms with Crippen molar-refractivity contribution in [2.45, 2.75) is 11.8 Å². The van der Waals surface area contributed by atoms with E-state index in [0.717, 1.165) is 0 Å². The zero-order valence-electron chi connectivity index (χ0n) is 13.0. The Morgan fingerprint density at radius 3 is 2.24 bits per heavy atom. The molecule has 0 aliphatic heterocycles. The number of H-pyrrole nitrogens is 1. The Kier molecular flexibility index (Phi) is 4.56. The summed E-state index contributed by atoms with van der Waals surface area (Å²) in [7, 11) is 1.47. The summed E-state index contributed by atoms with van der Waals surface area (Å²) in [6, 6.07) is 14.7. The molecule has 1 aromatic heterocycles. The molecule has 3 rings (SSSR count). The van der Waals surface area contributed by atoms with Crippen LogP contribution in [0.2, 0.25) is 0 Å². The summed E-state index contributed by atoms with van der Waals surface area (Å²) in [5.41, 5.74) is 1.51. The van der Waals surface area contributed by atoms with Gasteiger partial charge in [-0.1, -0.05) is 18.2 Å². The standard InChI is InChI=1S/C16H13ClN4O3S/c1-11-15(16(22)21(20-11)13-5-3-2-4-6-13)19-18-12-7-9-14(10-8-12)25(17,23)24/h2-10,20H,1H3. The summed E-state index contributed by atoms with van der Waals surface area (Å²) in [5, 5.41) is 10.9. The predicted molar refractivity (Wildman–Crippen MR) is 94.8 cm³/mol. The molecule has 0 radical (unpaired) electrons. The Morgan fingerprint density at radius 1 is 1.00 bits per heavy atom. The van der Waals surface area contributed by atoms with Gasteiger partial charge < -0.3 is 0 Å². The molecule has 0 aliphatic carbocycles. The van der Waals surface area contributed by atoms with Gasteiger partial charge in [0.05, 0.1) is 22.0 Å². The SMILES string of the molecule is Cc1[nH]n(-c2ccccc2)c(=O)c1N=Nc1ccc(S(=O)(=O)Cl)cc1. The van der Waals surface area contributed by atoms with E-state index in [9.17, 15) is 13.2 Å². The highest BCUT2D eigenvalue weighted by molar-refractivity contribution is 8.13. The molecule has 2 aromatic carbocycles. The van der Waals surface area contributed by atoms with Crippen molar-refractivity contribution in [3.8, 4) is 5.69 Å². The fraction of sp³-hybridized carbons (Fsp3) is 0.0625. The molecule has 1 heterocycles. The smallest absolute Gasteiger partial charge is 0.293 e. The third-order valence-corrected chi connectivity index (χ3v) is 4.81. The van der Waals surface area contributed by atoms with Crippen LogP contribution in [0.15, 0.2) is 74.5 Å². The first-order chi connectivity index (χ1) is 11.9. The lowest BCUT2D eigenvalue weighted by Crippen LogP contribution is -2.13. The number of halogens is 1. The fourth-order valence-corrected chi connectivity index (χ4v) is 2.97. The van der Waals surface area contributed by atoms with E-state index in [4.69, 9.17) is 10.7 Å². The van der Waals surface area contributed by atoms with Crippen molar-refractivity contribution < 1.29 is 8.42 Å². The number of azo groups is 1. The molecule has 128 valence electrons. The van der Waals surface area contributed by atoms with Crippen LogP contribution in [0.3, 0.4) is 0 Å². The minimum absolute atomic E-state index is 0.0302. The van der Waals surface area contributed by atoms with Gasteiger partial charge in [0.25, 0.3) is 14.6 Å². The number of aromatic nitrogens is 2. The lowest BCUT2D eigenvalue weighted by molar-refractivity contribution is 0.609. The molecule has 0 unspecified atom stereocenters. The number of nitrogens with zero attached hydrogens (tertiary/aromatic N) is 3. The molecule has 25 heavy (non-hydrogen) atoms. The second kappa shape index (κ2) is 6.66. The highest BCUT2D eigenvalue weighted by Gasteiger charge is 2.12. The Balaban J connectivity index is 1.92. The number of nitrogens with one attached hydrogen (secondary N) is 1. The van der Waals surface area contributed by atoms with E-state index in [1.807, 2.05) is 18.2 Å². The third-order valence-electron chi connectivity index (χ3n) is 3.44. The van der Waals surface area contributed by atoms with Gasteiger partial charge in [0, 0.05) is 10.7 Å². The molecular weight excluding hydrogens is 364 g/mol. The van der Waals surface area contributed by atoms with E-state index in [2.05, 4.69) is 15.3 Å². The third kappa shape index (κ3) is 3.70. The maximum atomic E-state index is 12.5. The highest BCUT2D eigenvalue weighted by atomic mass is 35.7. The van der Waals surface area contributed by atoms with Crippen LogP contribution in [0.25, 0.3) is 5.69 Å². The molecule has 9 heteroatoms. The first kappa shape index (κ1) is 17.1. The van der Waals surface area contributed by atoms with E-state index >= 15 is 0 Å². The van der Waals surface area contributed by atoms with Crippen molar-refractivity contribution in [3.63, 3.8) is 0 Å². The van der Waals surface area contributed by atoms with Gasteiger partial charge in [-0.2, -0.15) is 5.11 Å². The van der Waals surface area contributed by atoms with Gasteiger partial charge in [0.1, 0.15) is 0 Å². The monoisotopic (exact) mass is 376 g/mol. The number of rotatable bonds is 4. The van der Waals surface area contributed by atoms with Crippen molar-refractivity contribution in [2.75, 3.05) is 0 Å². The van der Waals surface area contributed by atoms with Gasteiger partial charge in [0.2, 0.25) is 0 Å². The van der Waals surface area contributed by atoms with Crippen LogP contribution in [0.1, 0.15) is 5.69 Å². The summed E-state index contributed by atoms with van der Waals surface area (Å²) in [4.78, 5) is 12.4. The van der Waals surface area contributed by atoms with Gasteiger partial charge >= 0.3 is 0 Å². The summed E-state index contributed by atoms with van der Waals surface area (Å²) < 4.78 is 23.8. The van der Waals surface area contributed by atoms with Crippen molar-refractivity contribution in [3.05, 3.63) is 70.6 Å².